The summed E-state index contributed by atoms with van der Waals surface area (Å²) in [5, 5.41) is -0.314. The van der Waals surface area contributed by atoms with Gasteiger partial charge in [-0.1, -0.05) is 31.4 Å². The van der Waals surface area contributed by atoms with Crippen molar-refractivity contribution in [3.05, 3.63) is 57.8 Å². The molecule has 4 nitrogen and oxygen atoms in total. The third kappa shape index (κ3) is 3.93. The Morgan fingerprint density at radius 3 is 2.54 bits per heavy atom. The molecule has 5 heteroatoms. The molecule has 0 aliphatic carbocycles. The van der Waals surface area contributed by atoms with Crippen LogP contribution in [-0.4, -0.2) is 27.2 Å². The van der Waals surface area contributed by atoms with Crippen molar-refractivity contribution in [1.82, 2.24) is 9.47 Å². The van der Waals surface area contributed by atoms with Crippen molar-refractivity contribution in [2.24, 2.45) is 0 Å². The Morgan fingerprint density at radius 2 is 1.89 bits per heavy atom. The summed E-state index contributed by atoms with van der Waals surface area (Å²) in [6.07, 6.45) is 10.5. The molecule has 2 heterocycles. The number of carbonyl (C=O) groups excluding carboxylic acids is 2. The van der Waals surface area contributed by atoms with E-state index in [0.29, 0.717) is 4.91 Å². The number of rotatable bonds is 6. The van der Waals surface area contributed by atoms with Gasteiger partial charge in [0.25, 0.3) is 11.1 Å². The van der Waals surface area contributed by atoms with Gasteiger partial charge in [0.1, 0.15) is 0 Å². The van der Waals surface area contributed by atoms with Crippen molar-refractivity contribution >= 4 is 29.0 Å². The normalized spacial score (nSPS) is 15.5. The average Bonchev–Trinajstić information content (AvgIpc) is 3.11. The van der Waals surface area contributed by atoms with Gasteiger partial charge in [-0.05, 0) is 73.9 Å². The fourth-order valence-corrected chi connectivity index (χ4v) is 4.22. The van der Waals surface area contributed by atoms with Crippen LogP contribution in [0.5, 0.6) is 0 Å². The van der Waals surface area contributed by atoms with Crippen molar-refractivity contribution in [2.45, 2.75) is 40.0 Å². The molecule has 0 atom stereocenters. The van der Waals surface area contributed by atoms with Gasteiger partial charge >= 0.3 is 0 Å². The number of aromatic nitrogens is 1. The highest BCUT2D eigenvalue weighted by molar-refractivity contribution is 8.18. The zero-order valence-electron chi connectivity index (χ0n) is 16.5. The lowest BCUT2D eigenvalue weighted by Gasteiger charge is -2.11. The van der Waals surface area contributed by atoms with E-state index in [9.17, 15) is 9.59 Å². The standard InChI is InChI=1S/C23H24N2O2S/c1-5-7-8-18-9-11-20(12-10-18)25-16(3)14-19(17(25)4)15-21-22(26)24(13-6-2)23(27)28-21/h2,9-12,14-15H,5,7-8,13H2,1,3-4H3. The van der Waals surface area contributed by atoms with Crippen LogP contribution in [0.25, 0.3) is 11.8 Å². The highest BCUT2D eigenvalue weighted by Gasteiger charge is 2.34. The predicted octanol–water partition coefficient (Wildman–Crippen LogP) is 5.11. The average molecular weight is 393 g/mol. The van der Waals surface area contributed by atoms with Crippen molar-refractivity contribution in [3.63, 3.8) is 0 Å². The number of benzene rings is 1. The molecule has 28 heavy (non-hydrogen) atoms. The maximum atomic E-state index is 12.4. The first-order chi connectivity index (χ1) is 13.5. The molecule has 1 aromatic heterocycles. The molecule has 1 aromatic carbocycles. The number of aryl methyl sites for hydroxylation is 2. The fraction of sp³-hybridized carbons (Fsp3) is 0.304. The molecular formula is C23H24N2O2S. The van der Waals surface area contributed by atoms with E-state index in [1.807, 2.05) is 19.9 Å². The first-order valence-corrected chi connectivity index (χ1v) is 10.2. The van der Waals surface area contributed by atoms with Gasteiger partial charge in [-0.3, -0.25) is 14.5 Å². The third-order valence-corrected chi connectivity index (χ3v) is 5.80. The fourth-order valence-electron chi connectivity index (χ4n) is 3.39. The van der Waals surface area contributed by atoms with Gasteiger partial charge in [-0.15, -0.1) is 6.42 Å². The molecule has 1 aliphatic heterocycles. The number of amides is 2. The summed E-state index contributed by atoms with van der Waals surface area (Å²) in [5.41, 5.74) is 5.47. The Labute approximate surface area is 170 Å². The van der Waals surface area contributed by atoms with Crippen LogP contribution in [0.4, 0.5) is 4.79 Å². The minimum Gasteiger partial charge on any atom is -0.318 e. The van der Waals surface area contributed by atoms with Crippen LogP contribution >= 0.6 is 11.8 Å². The number of imide groups is 1. The minimum atomic E-state index is -0.321. The second-order valence-corrected chi connectivity index (χ2v) is 7.90. The van der Waals surface area contributed by atoms with Crippen molar-refractivity contribution in [3.8, 4) is 18.0 Å². The number of carbonyl (C=O) groups is 2. The molecule has 0 bridgehead atoms. The van der Waals surface area contributed by atoms with Crippen molar-refractivity contribution in [2.75, 3.05) is 6.54 Å². The molecule has 0 spiro atoms. The summed E-state index contributed by atoms with van der Waals surface area (Å²) in [6.45, 7) is 6.27. The number of unbranched alkanes of at least 4 members (excludes halogenated alkanes) is 1. The molecule has 0 radical (unpaired) electrons. The van der Waals surface area contributed by atoms with E-state index in [0.717, 1.165) is 45.7 Å². The van der Waals surface area contributed by atoms with Gasteiger partial charge in [0.2, 0.25) is 0 Å². The Balaban J connectivity index is 1.90. The maximum Gasteiger partial charge on any atom is 0.294 e. The molecule has 1 saturated heterocycles. The van der Waals surface area contributed by atoms with Crippen LogP contribution in [-0.2, 0) is 11.2 Å². The largest absolute Gasteiger partial charge is 0.318 e. The lowest BCUT2D eigenvalue weighted by molar-refractivity contribution is -0.122. The minimum absolute atomic E-state index is 0.00537. The molecule has 2 aromatic rings. The summed E-state index contributed by atoms with van der Waals surface area (Å²) in [6, 6.07) is 10.7. The summed E-state index contributed by atoms with van der Waals surface area (Å²) in [7, 11) is 0. The molecule has 0 unspecified atom stereocenters. The van der Waals surface area contributed by atoms with Gasteiger partial charge in [0, 0.05) is 17.1 Å². The molecule has 3 rings (SSSR count). The molecule has 0 saturated carbocycles. The molecule has 1 fully saturated rings. The first-order valence-electron chi connectivity index (χ1n) is 9.43. The second-order valence-electron chi connectivity index (χ2n) is 6.90. The summed E-state index contributed by atoms with van der Waals surface area (Å²) >= 11 is 0.939. The SMILES string of the molecule is C#CCN1C(=O)SC(=Cc2cc(C)n(-c3ccc(CCCC)cc3)c2C)C1=O. The van der Waals surface area contributed by atoms with E-state index in [-0.39, 0.29) is 17.7 Å². The number of terminal acetylenes is 1. The quantitative estimate of drug-likeness (QED) is 0.507. The van der Waals surface area contributed by atoms with Crippen LogP contribution < -0.4 is 0 Å². The Bertz CT molecular complexity index is 977. The van der Waals surface area contributed by atoms with E-state index in [1.165, 1.54) is 18.4 Å². The number of hydrogen-bond donors (Lipinski definition) is 0. The van der Waals surface area contributed by atoms with Crippen LogP contribution in [0, 0.1) is 26.2 Å². The Morgan fingerprint density at radius 1 is 1.18 bits per heavy atom. The van der Waals surface area contributed by atoms with Crippen LogP contribution in [0.15, 0.2) is 35.2 Å². The van der Waals surface area contributed by atoms with E-state index in [2.05, 4.69) is 41.7 Å². The first kappa shape index (κ1) is 20.0. The number of nitrogens with zero attached hydrogens (tertiary/aromatic N) is 2. The topological polar surface area (TPSA) is 42.3 Å². The monoisotopic (exact) mass is 392 g/mol. The van der Waals surface area contributed by atoms with Crippen molar-refractivity contribution in [1.29, 1.82) is 0 Å². The second kappa shape index (κ2) is 8.53. The van der Waals surface area contributed by atoms with E-state index >= 15 is 0 Å². The smallest absolute Gasteiger partial charge is 0.294 e. The molecule has 0 N–H and O–H groups in total. The lowest BCUT2D eigenvalue weighted by Crippen LogP contribution is -2.28. The predicted molar refractivity (Wildman–Crippen MR) is 115 cm³/mol. The van der Waals surface area contributed by atoms with E-state index in [4.69, 9.17) is 6.42 Å². The van der Waals surface area contributed by atoms with Crippen LogP contribution in [0.1, 0.15) is 42.3 Å². The zero-order valence-corrected chi connectivity index (χ0v) is 17.3. The van der Waals surface area contributed by atoms with E-state index < -0.39 is 0 Å². The maximum absolute atomic E-state index is 12.4. The van der Waals surface area contributed by atoms with Gasteiger partial charge < -0.3 is 4.57 Å². The molecule has 1 aliphatic rings. The summed E-state index contributed by atoms with van der Waals surface area (Å²) in [5.74, 6) is 2.04. The molecule has 144 valence electrons. The van der Waals surface area contributed by atoms with Crippen molar-refractivity contribution < 1.29 is 9.59 Å². The van der Waals surface area contributed by atoms with Gasteiger partial charge in [0.15, 0.2) is 0 Å². The van der Waals surface area contributed by atoms with Gasteiger partial charge in [0.05, 0.1) is 11.4 Å². The van der Waals surface area contributed by atoms with Gasteiger partial charge in [-0.25, -0.2) is 0 Å². The molecule has 2 amide bonds. The van der Waals surface area contributed by atoms with Gasteiger partial charge in [-0.2, -0.15) is 0 Å². The lowest BCUT2D eigenvalue weighted by atomic mass is 10.1. The van der Waals surface area contributed by atoms with Crippen LogP contribution in [0.2, 0.25) is 0 Å². The highest BCUT2D eigenvalue weighted by Crippen LogP contribution is 2.33. The Hall–Kier alpha value is -2.71. The summed E-state index contributed by atoms with van der Waals surface area (Å²) < 4.78 is 2.17. The summed E-state index contributed by atoms with van der Waals surface area (Å²) in [4.78, 5) is 25.9. The number of thioether (sulfide) groups is 1. The third-order valence-electron chi connectivity index (χ3n) is 4.89. The number of hydrogen-bond acceptors (Lipinski definition) is 3. The zero-order chi connectivity index (χ0) is 20.3. The Kier molecular flexibility index (Phi) is 6.11. The highest BCUT2D eigenvalue weighted by atomic mass is 32.2. The molecular weight excluding hydrogens is 368 g/mol. The van der Waals surface area contributed by atoms with E-state index in [1.54, 1.807) is 6.08 Å². The van der Waals surface area contributed by atoms with Crippen LogP contribution in [0.3, 0.4) is 0 Å².